The zero-order valence-corrected chi connectivity index (χ0v) is 11.3. The van der Waals surface area contributed by atoms with E-state index in [1.807, 2.05) is 0 Å². The fourth-order valence-electron chi connectivity index (χ4n) is 2.62. The molecule has 16 heavy (non-hydrogen) atoms. The third-order valence-electron chi connectivity index (χ3n) is 3.76. The van der Waals surface area contributed by atoms with Crippen molar-refractivity contribution in [2.24, 2.45) is 11.7 Å². The zero-order valence-electron chi connectivity index (χ0n) is 11.3. The van der Waals surface area contributed by atoms with Gasteiger partial charge in [0.1, 0.15) is 0 Å². The Kier molecular flexibility index (Phi) is 6.32. The summed E-state index contributed by atoms with van der Waals surface area (Å²) in [4.78, 5) is 5.00. The summed E-state index contributed by atoms with van der Waals surface area (Å²) in [6.45, 7) is 7.01. The molecule has 1 unspecified atom stereocenters. The molecule has 1 aliphatic rings. The second-order valence-electron chi connectivity index (χ2n) is 5.53. The molecular weight excluding hydrogens is 198 g/mol. The molecule has 1 aliphatic heterocycles. The van der Waals surface area contributed by atoms with Crippen molar-refractivity contribution in [3.8, 4) is 0 Å². The first kappa shape index (κ1) is 13.9. The van der Waals surface area contributed by atoms with Crippen molar-refractivity contribution in [3.63, 3.8) is 0 Å². The van der Waals surface area contributed by atoms with Crippen LogP contribution in [0.2, 0.25) is 0 Å². The molecule has 0 aliphatic carbocycles. The van der Waals surface area contributed by atoms with Gasteiger partial charge in [0.05, 0.1) is 0 Å². The molecule has 1 heterocycles. The molecule has 0 aromatic rings. The van der Waals surface area contributed by atoms with E-state index in [1.165, 1.54) is 45.3 Å². The molecule has 2 N–H and O–H groups in total. The van der Waals surface area contributed by atoms with Gasteiger partial charge in [0.25, 0.3) is 0 Å². The van der Waals surface area contributed by atoms with Crippen LogP contribution in [0.1, 0.15) is 32.6 Å². The van der Waals surface area contributed by atoms with Gasteiger partial charge in [-0.15, -0.1) is 0 Å². The van der Waals surface area contributed by atoms with Crippen molar-refractivity contribution < 1.29 is 0 Å². The molecule has 96 valence electrons. The van der Waals surface area contributed by atoms with Gasteiger partial charge in [-0.2, -0.15) is 0 Å². The number of hydrogen-bond donors (Lipinski definition) is 1. The summed E-state index contributed by atoms with van der Waals surface area (Å²) in [7, 11) is 4.40. The number of likely N-dealkylation sites (tertiary alicyclic amines) is 1. The molecule has 0 aromatic carbocycles. The summed E-state index contributed by atoms with van der Waals surface area (Å²) < 4.78 is 0. The van der Waals surface area contributed by atoms with Gasteiger partial charge in [-0.05, 0) is 65.3 Å². The van der Waals surface area contributed by atoms with Crippen LogP contribution in [0.3, 0.4) is 0 Å². The number of piperidine rings is 1. The van der Waals surface area contributed by atoms with E-state index in [0.29, 0.717) is 0 Å². The van der Waals surface area contributed by atoms with E-state index in [2.05, 4.69) is 30.8 Å². The number of rotatable bonds is 6. The topological polar surface area (TPSA) is 32.5 Å². The summed E-state index contributed by atoms with van der Waals surface area (Å²) >= 11 is 0. The highest BCUT2D eigenvalue weighted by molar-refractivity contribution is 4.77. The lowest BCUT2D eigenvalue weighted by molar-refractivity contribution is 0.130. The lowest BCUT2D eigenvalue weighted by Gasteiger charge is -2.36. The highest BCUT2D eigenvalue weighted by Gasteiger charge is 2.21. The number of hydrogen-bond acceptors (Lipinski definition) is 3. The van der Waals surface area contributed by atoms with Crippen LogP contribution in [0.15, 0.2) is 0 Å². The Morgan fingerprint density at radius 2 is 1.94 bits per heavy atom. The van der Waals surface area contributed by atoms with Crippen LogP contribution in [0, 0.1) is 5.92 Å². The molecule has 0 bridgehead atoms. The van der Waals surface area contributed by atoms with Crippen LogP contribution >= 0.6 is 0 Å². The zero-order chi connectivity index (χ0) is 12.0. The molecule has 3 nitrogen and oxygen atoms in total. The molecule has 0 saturated carbocycles. The van der Waals surface area contributed by atoms with E-state index in [1.54, 1.807) is 0 Å². The Bertz CT molecular complexity index is 174. The molecule has 3 heteroatoms. The average molecular weight is 227 g/mol. The Labute approximate surface area is 101 Å². The molecule has 0 spiro atoms. The van der Waals surface area contributed by atoms with Gasteiger partial charge in [0, 0.05) is 12.6 Å². The first-order valence-corrected chi connectivity index (χ1v) is 6.72. The van der Waals surface area contributed by atoms with Gasteiger partial charge in [0.15, 0.2) is 0 Å². The predicted molar refractivity (Wildman–Crippen MR) is 70.6 cm³/mol. The van der Waals surface area contributed by atoms with Gasteiger partial charge in [-0.25, -0.2) is 0 Å². The average Bonchev–Trinajstić information content (AvgIpc) is 2.27. The van der Waals surface area contributed by atoms with E-state index < -0.39 is 0 Å². The summed E-state index contributed by atoms with van der Waals surface area (Å²) in [5.74, 6) is 0.805. The minimum absolute atomic E-state index is 0.801. The lowest BCUT2D eigenvalue weighted by Crippen LogP contribution is -2.43. The molecule has 1 rings (SSSR count). The fraction of sp³-hybridized carbons (Fsp3) is 1.00. The fourth-order valence-corrected chi connectivity index (χ4v) is 2.62. The number of nitrogens with zero attached hydrogens (tertiary/aromatic N) is 2. The molecule has 0 radical (unpaired) electrons. The first-order chi connectivity index (χ1) is 7.63. The van der Waals surface area contributed by atoms with Crippen LogP contribution in [-0.2, 0) is 0 Å². The van der Waals surface area contributed by atoms with Gasteiger partial charge in [0.2, 0.25) is 0 Å². The lowest BCUT2D eigenvalue weighted by atomic mass is 10.0. The highest BCUT2D eigenvalue weighted by atomic mass is 15.2. The van der Waals surface area contributed by atoms with E-state index in [4.69, 9.17) is 5.73 Å². The van der Waals surface area contributed by atoms with Crippen LogP contribution in [-0.4, -0.2) is 56.1 Å². The third-order valence-corrected chi connectivity index (χ3v) is 3.76. The van der Waals surface area contributed by atoms with Gasteiger partial charge in [-0.3, -0.25) is 0 Å². The largest absolute Gasteiger partial charge is 0.330 e. The van der Waals surface area contributed by atoms with Crippen molar-refractivity contribution in [2.45, 2.75) is 38.6 Å². The van der Waals surface area contributed by atoms with Gasteiger partial charge < -0.3 is 15.5 Å². The number of nitrogens with two attached hydrogens (primary N) is 1. The monoisotopic (exact) mass is 227 g/mol. The summed E-state index contributed by atoms with van der Waals surface area (Å²) in [6, 6.07) is 0.801. The van der Waals surface area contributed by atoms with E-state index in [9.17, 15) is 0 Å². The van der Waals surface area contributed by atoms with Crippen LogP contribution in [0.5, 0.6) is 0 Å². The maximum absolute atomic E-state index is 5.54. The second-order valence-corrected chi connectivity index (χ2v) is 5.53. The maximum atomic E-state index is 5.54. The van der Waals surface area contributed by atoms with Gasteiger partial charge in [-0.1, -0.05) is 6.92 Å². The maximum Gasteiger partial charge on any atom is 0.0113 e. The molecule has 0 aromatic heterocycles. The van der Waals surface area contributed by atoms with E-state index in [0.717, 1.165) is 18.5 Å². The summed E-state index contributed by atoms with van der Waals surface area (Å²) in [5.41, 5.74) is 5.54. The molecule has 1 fully saturated rings. The van der Waals surface area contributed by atoms with Crippen LogP contribution in [0.4, 0.5) is 0 Å². The van der Waals surface area contributed by atoms with E-state index in [-0.39, 0.29) is 0 Å². The third kappa shape index (κ3) is 4.81. The minimum atomic E-state index is 0.801. The quantitative estimate of drug-likeness (QED) is 0.744. The van der Waals surface area contributed by atoms with Gasteiger partial charge >= 0.3 is 0 Å². The van der Waals surface area contributed by atoms with Crippen molar-refractivity contribution in [1.82, 2.24) is 9.80 Å². The molecule has 1 atom stereocenters. The Morgan fingerprint density at radius 1 is 1.31 bits per heavy atom. The first-order valence-electron chi connectivity index (χ1n) is 6.72. The summed E-state index contributed by atoms with van der Waals surface area (Å²) in [5, 5.41) is 0. The Balaban J connectivity index is 2.16. The smallest absolute Gasteiger partial charge is 0.0113 e. The minimum Gasteiger partial charge on any atom is -0.330 e. The molecule has 0 amide bonds. The molecular formula is C13H29N3. The summed E-state index contributed by atoms with van der Waals surface area (Å²) in [6.07, 6.45) is 5.12. The molecule has 1 saturated heterocycles. The van der Waals surface area contributed by atoms with Crippen molar-refractivity contribution in [1.29, 1.82) is 0 Å². The second kappa shape index (κ2) is 7.25. The van der Waals surface area contributed by atoms with Crippen molar-refractivity contribution in [3.05, 3.63) is 0 Å². The standard InChI is InChI=1S/C13H29N3/c1-12(5-4-8-14)11-16-9-6-13(7-10-16)15(2)3/h12-13H,4-11,14H2,1-3H3. The predicted octanol–water partition coefficient (Wildman–Crippen LogP) is 1.39. The van der Waals surface area contributed by atoms with Crippen molar-refractivity contribution >= 4 is 0 Å². The van der Waals surface area contributed by atoms with E-state index >= 15 is 0 Å². The van der Waals surface area contributed by atoms with Crippen LogP contribution in [0.25, 0.3) is 0 Å². The Morgan fingerprint density at radius 3 is 2.44 bits per heavy atom. The van der Waals surface area contributed by atoms with Crippen LogP contribution < -0.4 is 5.73 Å². The normalized spacial score (nSPS) is 21.6. The highest BCUT2D eigenvalue weighted by Crippen LogP contribution is 2.16. The van der Waals surface area contributed by atoms with Crippen molar-refractivity contribution in [2.75, 3.05) is 40.3 Å². The Hall–Kier alpha value is -0.120. The SMILES string of the molecule is CC(CCCN)CN1CCC(N(C)C)CC1.